The number of nitrogens with two attached hydrogens (primary N) is 1. The zero-order valence-corrected chi connectivity index (χ0v) is 11.4. The quantitative estimate of drug-likeness (QED) is 0.810. The molecule has 2 rings (SSSR count). The first-order valence-electron chi connectivity index (χ1n) is 6.05. The van der Waals surface area contributed by atoms with E-state index < -0.39 is 0 Å². The summed E-state index contributed by atoms with van der Waals surface area (Å²) in [6, 6.07) is 10.2. The maximum Gasteiger partial charge on any atom is 0.127 e. The summed E-state index contributed by atoms with van der Waals surface area (Å²) in [7, 11) is 1.71. The molecule has 0 aliphatic heterocycles. The van der Waals surface area contributed by atoms with Crippen LogP contribution in [-0.4, -0.2) is 7.11 Å². The number of hydrogen-bond donors (Lipinski definition) is 1. The van der Waals surface area contributed by atoms with E-state index in [0.717, 1.165) is 28.1 Å². The molecule has 0 heterocycles. The van der Waals surface area contributed by atoms with Gasteiger partial charge in [-0.2, -0.15) is 0 Å². The standard InChI is InChI=1S/C16H19NO/c1-10-8-11(2)16(15(9-10)18-4)13-6-5-7-14(17)12(13)3/h5-9H,17H2,1-4H3. The number of nitrogen functional groups attached to an aromatic ring is 1. The number of aryl methyl sites for hydroxylation is 2. The number of anilines is 1. The fourth-order valence-corrected chi connectivity index (χ4v) is 2.36. The van der Waals surface area contributed by atoms with Crippen molar-refractivity contribution in [1.82, 2.24) is 0 Å². The molecule has 0 aliphatic carbocycles. The van der Waals surface area contributed by atoms with Gasteiger partial charge in [-0.15, -0.1) is 0 Å². The number of rotatable bonds is 2. The predicted molar refractivity (Wildman–Crippen MR) is 77.1 cm³/mol. The molecule has 2 aromatic rings. The lowest BCUT2D eigenvalue weighted by molar-refractivity contribution is 0.416. The molecule has 2 heteroatoms. The zero-order chi connectivity index (χ0) is 13.3. The van der Waals surface area contributed by atoms with Gasteiger partial charge in [0.05, 0.1) is 7.11 Å². The first kappa shape index (κ1) is 12.5. The number of hydrogen-bond acceptors (Lipinski definition) is 2. The van der Waals surface area contributed by atoms with E-state index in [-0.39, 0.29) is 0 Å². The minimum Gasteiger partial charge on any atom is -0.496 e. The van der Waals surface area contributed by atoms with E-state index in [2.05, 4.69) is 32.0 Å². The molecule has 18 heavy (non-hydrogen) atoms. The highest BCUT2D eigenvalue weighted by Gasteiger charge is 2.13. The van der Waals surface area contributed by atoms with Crippen LogP contribution >= 0.6 is 0 Å². The van der Waals surface area contributed by atoms with Crippen LogP contribution in [0.4, 0.5) is 5.69 Å². The van der Waals surface area contributed by atoms with Crippen LogP contribution in [0, 0.1) is 20.8 Å². The number of methoxy groups -OCH3 is 1. The fourth-order valence-electron chi connectivity index (χ4n) is 2.36. The normalized spacial score (nSPS) is 10.4. The smallest absolute Gasteiger partial charge is 0.127 e. The summed E-state index contributed by atoms with van der Waals surface area (Å²) in [6.07, 6.45) is 0. The van der Waals surface area contributed by atoms with Gasteiger partial charge >= 0.3 is 0 Å². The molecule has 0 unspecified atom stereocenters. The first-order valence-corrected chi connectivity index (χ1v) is 6.05. The lowest BCUT2D eigenvalue weighted by atomic mass is 9.93. The van der Waals surface area contributed by atoms with Gasteiger partial charge in [-0.05, 0) is 55.2 Å². The van der Waals surface area contributed by atoms with Gasteiger partial charge in [0.2, 0.25) is 0 Å². The highest BCUT2D eigenvalue weighted by atomic mass is 16.5. The molecule has 0 bridgehead atoms. The van der Waals surface area contributed by atoms with E-state index in [1.807, 2.05) is 19.1 Å². The molecule has 0 aromatic heterocycles. The van der Waals surface area contributed by atoms with Gasteiger partial charge in [0.1, 0.15) is 5.75 Å². The van der Waals surface area contributed by atoms with Crippen LogP contribution in [0.3, 0.4) is 0 Å². The Morgan fingerprint density at radius 3 is 2.44 bits per heavy atom. The molecule has 2 aromatic carbocycles. The van der Waals surface area contributed by atoms with Gasteiger partial charge in [-0.1, -0.05) is 18.2 Å². The summed E-state index contributed by atoms with van der Waals surface area (Å²) in [5, 5.41) is 0. The Bertz CT molecular complexity index is 588. The van der Waals surface area contributed by atoms with Gasteiger partial charge in [-0.3, -0.25) is 0 Å². The van der Waals surface area contributed by atoms with Crippen molar-refractivity contribution < 1.29 is 4.74 Å². The van der Waals surface area contributed by atoms with Crippen molar-refractivity contribution in [3.8, 4) is 16.9 Å². The lowest BCUT2D eigenvalue weighted by Crippen LogP contribution is -1.97. The minimum absolute atomic E-state index is 0.814. The summed E-state index contributed by atoms with van der Waals surface area (Å²) in [6.45, 7) is 6.22. The zero-order valence-electron chi connectivity index (χ0n) is 11.4. The Labute approximate surface area is 108 Å². The highest BCUT2D eigenvalue weighted by molar-refractivity contribution is 5.80. The molecule has 0 saturated heterocycles. The van der Waals surface area contributed by atoms with Crippen molar-refractivity contribution in [3.63, 3.8) is 0 Å². The summed E-state index contributed by atoms with van der Waals surface area (Å²) in [5.41, 5.74) is 12.6. The molecule has 0 radical (unpaired) electrons. The predicted octanol–water partition coefficient (Wildman–Crippen LogP) is 3.87. The number of ether oxygens (including phenoxy) is 1. The van der Waals surface area contributed by atoms with Crippen molar-refractivity contribution in [1.29, 1.82) is 0 Å². The number of benzene rings is 2. The van der Waals surface area contributed by atoms with Crippen LogP contribution in [-0.2, 0) is 0 Å². The summed E-state index contributed by atoms with van der Waals surface area (Å²) >= 11 is 0. The second-order valence-corrected chi connectivity index (χ2v) is 4.68. The van der Waals surface area contributed by atoms with Crippen LogP contribution in [0.25, 0.3) is 11.1 Å². The van der Waals surface area contributed by atoms with Gasteiger partial charge in [0.15, 0.2) is 0 Å². The Morgan fingerprint density at radius 1 is 1.06 bits per heavy atom. The second-order valence-electron chi connectivity index (χ2n) is 4.68. The van der Waals surface area contributed by atoms with Gasteiger partial charge in [-0.25, -0.2) is 0 Å². The monoisotopic (exact) mass is 241 g/mol. The van der Waals surface area contributed by atoms with E-state index in [1.54, 1.807) is 7.11 Å². The first-order chi connectivity index (χ1) is 8.54. The third-order valence-electron chi connectivity index (χ3n) is 3.31. The molecule has 94 valence electrons. The SMILES string of the molecule is COc1cc(C)cc(C)c1-c1cccc(N)c1C. The second kappa shape index (κ2) is 4.73. The van der Waals surface area contributed by atoms with Crippen molar-refractivity contribution in [2.75, 3.05) is 12.8 Å². The molecular weight excluding hydrogens is 222 g/mol. The van der Waals surface area contributed by atoms with Crippen LogP contribution in [0.5, 0.6) is 5.75 Å². The van der Waals surface area contributed by atoms with Crippen molar-refractivity contribution in [2.24, 2.45) is 0 Å². The van der Waals surface area contributed by atoms with E-state index in [4.69, 9.17) is 10.5 Å². The highest BCUT2D eigenvalue weighted by Crippen LogP contribution is 2.37. The van der Waals surface area contributed by atoms with Crippen LogP contribution < -0.4 is 10.5 Å². The summed E-state index contributed by atoms with van der Waals surface area (Å²) in [5.74, 6) is 0.904. The van der Waals surface area contributed by atoms with Gasteiger partial charge < -0.3 is 10.5 Å². The molecule has 2 N–H and O–H groups in total. The topological polar surface area (TPSA) is 35.2 Å². The molecule has 2 nitrogen and oxygen atoms in total. The average molecular weight is 241 g/mol. The molecule has 0 fully saturated rings. The molecule has 0 spiro atoms. The van der Waals surface area contributed by atoms with E-state index in [0.29, 0.717) is 0 Å². The lowest BCUT2D eigenvalue weighted by Gasteiger charge is -2.16. The summed E-state index contributed by atoms with van der Waals surface area (Å²) in [4.78, 5) is 0. The maximum absolute atomic E-state index is 5.99. The fraction of sp³-hybridized carbons (Fsp3) is 0.250. The van der Waals surface area contributed by atoms with Crippen molar-refractivity contribution in [3.05, 3.63) is 47.0 Å². The Hall–Kier alpha value is -1.96. The van der Waals surface area contributed by atoms with E-state index in [1.165, 1.54) is 11.1 Å². The molecule has 0 amide bonds. The third kappa shape index (κ3) is 2.06. The minimum atomic E-state index is 0.814. The molecule has 0 atom stereocenters. The average Bonchev–Trinajstić information content (AvgIpc) is 2.32. The van der Waals surface area contributed by atoms with Crippen LogP contribution in [0.1, 0.15) is 16.7 Å². The van der Waals surface area contributed by atoms with Crippen molar-refractivity contribution >= 4 is 5.69 Å². The third-order valence-corrected chi connectivity index (χ3v) is 3.31. The van der Waals surface area contributed by atoms with Crippen molar-refractivity contribution in [2.45, 2.75) is 20.8 Å². The molecular formula is C16H19NO. The van der Waals surface area contributed by atoms with Gasteiger partial charge in [0.25, 0.3) is 0 Å². The Kier molecular flexibility index (Phi) is 3.28. The van der Waals surface area contributed by atoms with Gasteiger partial charge in [0, 0.05) is 11.3 Å². The van der Waals surface area contributed by atoms with Crippen LogP contribution in [0.15, 0.2) is 30.3 Å². The summed E-state index contributed by atoms with van der Waals surface area (Å²) < 4.78 is 5.52. The Morgan fingerprint density at radius 2 is 1.78 bits per heavy atom. The van der Waals surface area contributed by atoms with Crippen LogP contribution in [0.2, 0.25) is 0 Å². The maximum atomic E-state index is 5.99. The molecule has 0 aliphatic rings. The Balaban J connectivity index is 2.74. The largest absolute Gasteiger partial charge is 0.496 e. The molecule has 0 saturated carbocycles. The van der Waals surface area contributed by atoms with E-state index in [9.17, 15) is 0 Å². The van der Waals surface area contributed by atoms with E-state index >= 15 is 0 Å².